The minimum atomic E-state index is -0.152. The van der Waals surface area contributed by atoms with Crippen LogP contribution in [0.1, 0.15) is 26.2 Å². The quantitative estimate of drug-likeness (QED) is 0.377. The summed E-state index contributed by atoms with van der Waals surface area (Å²) >= 11 is 3.64. The lowest BCUT2D eigenvalue weighted by molar-refractivity contribution is 0.310. The molecule has 2 aromatic carbocycles. The summed E-state index contributed by atoms with van der Waals surface area (Å²) in [4.78, 5) is 13.4. The predicted octanol–water partition coefficient (Wildman–Crippen LogP) is 5.81. The number of hydrogen-bond acceptors (Lipinski definition) is 5. The van der Waals surface area contributed by atoms with Crippen LogP contribution in [0.25, 0.3) is 22.1 Å². The van der Waals surface area contributed by atoms with Crippen LogP contribution in [0.3, 0.4) is 0 Å². The molecule has 154 valence electrons. The van der Waals surface area contributed by atoms with Gasteiger partial charge in [0, 0.05) is 17.0 Å². The fraction of sp³-hybridized carbons (Fsp3) is 0.348. The van der Waals surface area contributed by atoms with E-state index < -0.39 is 0 Å². The summed E-state index contributed by atoms with van der Waals surface area (Å²) in [5.41, 5.74) is 1.50. The summed E-state index contributed by atoms with van der Waals surface area (Å²) in [7, 11) is 3.14. The van der Waals surface area contributed by atoms with Gasteiger partial charge in [0.05, 0.1) is 19.8 Å². The van der Waals surface area contributed by atoms with Crippen LogP contribution in [-0.2, 0) is 0 Å². The molecule has 0 bridgehead atoms. The Morgan fingerprint density at radius 2 is 1.83 bits per heavy atom. The Hall–Kier alpha value is -2.47. The maximum absolute atomic E-state index is 13.1. The number of alkyl halides is 1. The number of halogens is 1. The van der Waals surface area contributed by atoms with E-state index in [9.17, 15) is 4.79 Å². The van der Waals surface area contributed by atoms with Gasteiger partial charge in [-0.05, 0) is 24.1 Å². The Kier molecular flexibility index (Phi) is 7.20. The average molecular weight is 461 g/mol. The number of ether oxygens (including phenoxy) is 3. The molecular formula is C23H25BrO5. The molecule has 0 aliphatic rings. The van der Waals surface area contributed by atoms with Crippen molar-refractivity contribution in [3.8, 4) is 28.4 Å². The molecule has 6 heteroatoms. The number of benzene rings is 2. The van der Waals surface area contributed by atoms with Gasteiger partial charge in [-0.1, -0.05) is 47.8 Å². The van der Waals surface area contributed by atoms with Crippen LogP contribution >= 0.6 is 15.9 Å². The van der Waals surface area contributed by atoms with Gasteiger partial charge in [0.1, 0.15) is 41.1 Å². The summed E-state index contributed by atoms with van der Waals surface area (Å²) in [5, 5.41) is 0.398. The highest BCUT2D eigenvalue weighted by molar-refractivity contribution is 9.09. The lowest BCUT2D eigenvalue weighted by Crippen LogP contribution is -2.12. The first-order chi connectivity index (χ1) is 14.1. The Morgan fingerprint density at radius 1 is 1.07 bits per heavy atom. The normalized spacial score (nSPS) is 12.0. The molecule has 0 radical (unpaired) electrons. The number of unbranched alkanes of at least 4 members (excludes halogenated alkanes) is 1. The molecule has 0 saturated carbocycles. The smallest absolute Gasteiger partial charge is 0.204 e. The van der Waals surface area contributed by atoms with Crippen LogP contribution < -0.4 is 19.6 Å². The lowest BCUT2D eigenvalue weighted by Gasteiger charge is -2.13. The summed E-state index contributed by atoms with van der Waals surface area (Å²) < 4.78 is 22.3. The first kappa shape index (κ1) is 21.2. The molecule has 0 N–H and O–H groups in total. The maximum Gasteiger partial charge on any atom is 0.204 e. The molecule has 1 aromatic heterocycles. The van der Waals surface area contributed by atoms with E-state index in [-0.39, 0.29) is 10.3 Å². The molecule has 0 aliphatic heterocycles. The van der Waals surface area contributed by atoms with Crippen molar-refractivity contribution in [3.05, 3.63) is 52.9 Å². The molecule has 1 unspecified atom stereocenters. The van der Waals surface area contributed by atoms with E-state index in [0.29, 0.717) is 34.6 Å². The molecular weight excluding hydrogens is 436 g/mol. The van der Waals surface area contributed by atoms with Crippen molar-refractivity contribution >= 4 is 26.9 Å². The van der Waals surface area contributed by atoms with Crippen LogP contribution in [0, 0.1) is 0 Å². The number of methoxy groups -OCH3 is 2. The van der Waals surface area contributed by atoms with Gasteiger partial charge in [0.15, 0.2) is 0 Å². The first-order valence-electron chi connectivity index (χ1n) is 9.62. The van der Waals surface area contributed by atoms with E-state index in [4.69, 9.17) is 18.6 Å². The Balaban J connectivity index is 1.94. The van der Waals surface area contributed by atoms with Gasteiger partial charge in [-0.3, -0.25) is 4.79 Å². The monoisotopic (exact) mass is 460 g/mol. The topological polar surface area (TPSA) is 57.9 Å². The van der Waals surface area contributed by atoms with Gasteiger partial charge in [-0.25, -0.2) is 0 Å². The minimum absolute atomic E-state index is 0.152. The molecule has 3 aromatic rings. The van der Waals surface area contributed by atoms with E-state index in [1.54, 1.807) is 19.2 Å². The van der Waals surface area contributed by atoms with E-state index in [1.807, 2.05) is 24.3 Å². The second-order valence-corrected chi connectivity index (χ2v) is 8.05. The van der Waals surface area contributed by atoms with Gasteiger partial charge in [-0.2, -0.15) is 0 Å². The highest BCUT2D eigenvalue weighted by Gasteiger charge is 2.16. The zero-order valence-corrected chi connectivity index (χ0v) is 18.5. The molecule has 0 amide bonds. The van der Waals surface area contributed by atoms with Crippen molar-refractivity contribution in [1.29, 1.82) is 0 Å². The van der Waals surface area contributed by atoms with Crippen molar-refractivity contribution in [1.82, 2.24) is 0 Å². The largest absolute Gasteiger partial charge is 0.497 e. The van der Waals surface area contributed by atoms with Gasteiger partial charge >= 0.3 is 0 Å². The molecule has 1 heterocycles. The molecule has 0 aliphatic carbocycles. The summed E-state index contributed by atoms with van der Waals surface area (Å²) in [6.07, 6.45) is 4.81. The van der Waals surface area contributed by atoms with Crippen LogP contribution in [0.2, 0.25) is 0 Å². The number of fused-ring (bicyclic) bond motifs is 1. The lowest BCUT2D eigenvalue weighted by atomic mass is 10.0. The molecule has 1 atom stereocenters. The van der Waals surface area contributed by atoms with Crippen molar-refractivity contribution < 1.29 is 18.6 Å². The first-order valence-corrected chi connectivity index (χ1v) is 10.5. The Labute approximate surface area is 178 Å². The van der Waals surface area contributed by atoms with Crippen molar-refractivity contribution in [2.75, 3.05) is 20.8 Å². The SMILES string of the molecule is CCCCC(Br)COc1cc(OC)c2c(=O)c(-c3ccc(OC)cc3)coc2c1. The zero-order valence-electron chi connectivity index (χ0n) is 16.9. The molecule has 0 spiro atoms. The summed E-state index contributed by atoms with van der Waals surface area (Å²) in [6, 6.07) is 10.7. The average Bonchev–Trinajstić information content (AvgIpc) is 2.76. The van der Waals surface area contributed by atoms with E-state index in [0.717, 1.165) is 30.6 Å². The van der Waals surface area contributed by atoms with Gasteiger partial charge in [0.25, 0.3) is 0 Å². The standard InChI is InChI=1S/C23H25BrO5/c1-4-5-6-16(24)13-28-18-11-20(27-3)22-21(12-18)29-14-19(23(22)25)15-7-9-17(26-2)10-8-15/h7-12,14,16H,4-6,13H2,1-3H3. The molecule has 0 saturated heterocycles. The van der Waals surface area contributed by atoms with E-state index in [2.05, 4.69) is 22.9 Å². The molecule has 0 fully saturated rings. The number of rotatable bonds is 9. The summed E-state index contributed by atoms with van der Waals surface area (Å²) in [5.74, 6) is 1.76. The van der Waals surface area contributed by atoms with Crippen LogP contribution in [-0.4, -0.2) is 25.7 Å². The number of hydrogen-bond donors (Lipinski definition) is 0. The zero-order chi connectivity index (χ0) is 20.8. The highest BCUT2D eigenvalue weighted by atomic mass is 79.9. The molecule has 29 heavy (non-hydrogen) atoms. The fourth-order valence-corrected chi connectivity index (χ4v) is 3.56. The van der Waals surface area contributed by atoms with E-state index in [1.165, 1.54) is 13.4 Å². The maximum atomic E-state index is 13.1. The molecule has 3 rings (SSSR count). The minimum Gasteiger partial charge on any atom is -0.497 e. The van der Waals surface area contributed by atoms with Gasteiger partial charge in [-0.15, -0.1) is 0 Å². The predicted molar refractivity (Wildman–Crippen MR) is 119 cm³/mol. The van der Waals surface area contributed by atoms with E-state index >= 15 is 0 Å². The van der Waals surface area contributed by atoms with Crippen molar-refractivity contribution in [2.45, 2.75) is 31.0 Å². The third-order valence-electron chi connectivity index (χ3n) is 4.74. The third kappa shape index (κ3) is 4.93. The van der Waals surface area contributed by atoms with Gasteiger partial charge < -0.3 is 18.6 Å². The van der Waals surface area contributed by atoms with Gasteiger partial charge in [0.2, 0.25) is 5.43 Å². The summed E-state index contributed by atoms with van der Waals surface area (Å²) in [6.45, 7) is 2.69. The fourth-order valence-electron chi connectivity index (χ4n) is 3.10. The van der Waals surface area contributed by atoms with Crippen LogP contribution in [0.5, 0.6) is 17.2 Å². The highest BCUT2D eigenvalue weighted by Crippen LogP contribution is 2.31. The van der Waals surface area contributed by atoms with Crippen LogP contribution in [0.4, 0.5) is 0 Å². The third-order valence-corrected chi connectivity index (χ3v) is 5.46. The second-order valence-electron chi connectivity index (χ2n) is 6.76. The Bertz CT molecular complexity index is 1010. The Morgan fingerprint density at radius 3 is 2.48 bits per heavy atom. The van der Waals surface area contributed by atoms with Crippen LogP contribution in [0.15, 0.2) is 51.9 Å². The molecule has 5 nitrogen and oxygen atoms in total. The van der Waals surface area contributed by atoms with Crippen molar-refractivity contribution in [2.24, 2.45) is 0 Å². The second kappa shape index (κ2) is 9.83. The van der Waals surface area contributed by atoms with Crippen molar-refractivity contribution in [3.63, 3.8) is 0 Å².